The summed E-state index contributed by atoms with van der Waals surface area (Å²) in [5.41, 5.74) is 0.236. The lowest BCUT2D eigenvalue weighted by Crippen LogP contribution is -2.58. The Labute approximate surface area is 125 Å². The number of carbonyl (C=O) groups excluding carboxylic acids is 2. The van der Waals surface area contributed by atoms with Gasteiger partial charge in [0.05, 0.1) is 5.69 Å². The average molecular weight is 290 g/mol. The zero-order chi connectivity index (χ0) is 15.5. The van der Waals surface area contributed by atoms with E-state index in [1.54, 1.807) is 18.3 Å². The summed E-state index contributed by atoms with van der Waals surface area (Å²) in [5, 5.41) is 3.27. The van der Waals surface area contributed by atoms with Gasteiger partial charge in [-0.25, -0.2) is 0 Å². The number of carbonyl (C=O) groups is 2. The summed E-state index contributed by atoms with van der Waals surface area (Å²) in [6.45, 7) is 6.05. The van der Waals surface area contributed by atoms with Gasteiger partial charge in [-0.1, -0.05) is 0 Å². The van der Waals surface area contributed by atoms with Crippen molar-refractivity contribution >= 4 is 12.3 Å². The van der Waals surface area contributed by atoms with Gasteiger partial charge in [-0.15, -0.1) is 0 Å². The maximum absolute atomic E-state index is 12.3. The third kappa shape index (κ3) is 3.88. The molecule has 0 atom stereocenters. The quantitative estimate of drug-likeness (QED) is 0.665. The van der Waals surface area contributed by atoms with Gasteiger partial charge < -0.3 is 4.74 Å². The first-order valence-corrected chi connectivity index (χ1v) is 7.23. The van der Waals surface area contributed by atoms with Gasteiger partial charge in [0.25, 0.3) is 0 Å². The first kappa shape index (κ1) is 15.6. The van der Waals surface area contributed by atoms with Gasteiger partial charge in [-0.3, -0.25) is 19.9 Å². The van der Waals surface area contributed by atoms with Crippen LogP contribution in [0.25, 0.3) is 0 Å². The monoisotopic (exact) mass is 290 g/mol. The summed E-state index contributed by atoms with van der Waals surface area (Å²) in [5.74, 6) is -0.201. The van der Waals surface area contributed by atoms with E-state index in [0.29, 0.717) is 12.1 Å². The summed E-state index contributed by atoms with van der Waals surface area (Å²) in [4.78, 5) is 27.3. The fourth-order valence-corrected chi connectivity index (χ4v) is 2.29. The van der Waals surface area contributed by atoms with Gasteiger partial charge in [0.15, 0.2) is 0 Å². The Morgan fingerprint density at radius 2 is 2.19 bits per heavy atom. The molecule has 1 fully saturated rings. The molecule has 0 bridgehead atoms. The van der Waals surface area contributed by atoms with Crippen molar-refractivity contribution in [3.8, 4) is 0 Å². The van der Waals surface area contributed by atoms with E-state index in [2.05, 4.69) is 10.3 Å². The maximum Gasteiger partial charge on any atom is 0.326 e. The Kier molecular flexibility index (Phi) is 4.42. The third-order valence-electron chi connectivity index (χ3n) is 3.58. The molecule has 0 aliphatic heterocycles. The van der Waals surface area contributed by atoms with Crippen LogP contribution in [-0.2, 0) is 16.1 Å². The van der Waals surface area contributed by atoms with Gasteiger partial charge in [0, 0.05) is 18.3 Å². The lowest BCUT2D eigenvalue weighted by molar-refractivity contribution is -0.167. The van der Waals surface area contributed by atoms with Crippen molar-refractivity contribution in [3.05, 3.63) is 29.6 Å². The van der Waals surface area contributed by atoms with Gasteiger partial charge in [0.2, 0.25) is 0 Å². The van der Waals surface area contributed by atoms with Crippen molar-refractivity contribution in [1.29, 1.82) is 0 Å². The zero-order valence-electron chi connectivity index (χ0n) is 12.8. The summed E-state index contributed by atoms with van der Waals surface area (Å²) in [6, 6.07) is 3.38. The maximum atomic E-state index is 12.3. The van der Waals surface area contributed by atoms with Crippen LogP contribution < -0.4 is 5.32 Å². The molecule has 21 heavy (non-hydrogen) atoms. The van der Waals surface area contributed by atoms with Crippen LogP contribution in [-0.4, -0.2) is 28.4 Å². The van der Waals surface area contributed by atoms with Crippen LogP contribution in [0.2, 0.25) is 0 Å². The molecule has 1 aliphatic rings. The number of aldehydes is 1. The van der Waals surface area contributed by atoms with Crippen LogP contribution in [0.4, 0.5) is 0 Å². The van der Waals surface area contributed by atoms with E-state index in [9.17, 15) is 9.59 Å². The molecule has 0 unspecified atom stereocenters. The SMILES string of the molecule is CC(C)(C)OC(=O)C1(NCc2cc(C=O)ccn2)CCC1. The summed E-state index contributed by atoms with van der Waals surface area (Å²) in [7, 11) is 0. The average Bonchev–Trinajstić information content (AvgIpc) is 2.35. The second kappa shape index (κ2) is 5.93. The molecule has 2 rings (SSSR count). The minimum atomic E-state index is -0.605. The Balaban J connectivity index is 2.01. The highest BCUT2D eigenvalue weighted by Gasteiger charge is 2.46. The van der Waals surface area contributed by atoms with E-state index in [1.807, 2.05) is 20.8 Å². The van der Waals surface area contributed by atoms with Crippen molar-refractivity contribution in [2.24, 2.45) is 0 Å². The number of pyridine rings is 1. The van der Waals surface area contributed by atoms with E-state index >= 15 is 0 Å². The van der Waals surface area contributed by atoms with Crippen LogP contribution in [0, 0.1) is 0 Å². The zero-order valence-corrected chi connectivity index (χ0v) is 12.8. The Morgan fingerprint density at radius 3 is 2.71 bits per heavy atom. The van der Waals surface area contributed by atoms with E-state index < -0.39 is 11.1 Å². The lowest BCUT2D eigenvalue weighted by Gasteiger charge is -2.41. The molecule has 114 valence electrons. The highest BCUT2D eigenvalue weighted by atomic mass is 16.6. The molecule has 0 amide bonds. The molecule has 1 aromatic heterocycles. The molecule has 0 aromatic carbocycles. The molecule has 1 aliphatic carbocycles. The van der Waals surface area contributed by atoms with Crippen LogP contribution in [0.1, 0.15) is 56.1 Å². The van der Waals surface area contributed by atoms with Crippen molar-refractivity contribution in [3.63, 3.8) is 0 Å². The molecule has 5 heteroatoms. The van der Waals surface area contributed by atoms with E-state index in [0.717, 1.165) is 31.2 Å². The van der Waals surface area contributed by atoms with Crippen LogP contribution in [0.15, 0.2) is 18.3 Å². The van der Waals surface area contributed by atoms with Crippen LogP contribution in [0.3, 0.4) is 0 Å². The minimum Gasteiger partial charge on any atom is -0.459 e. The lowest BCUT2D eigenvalue weighted by atomic mass is 9.76. The molecular formula is C16H22N2O3. The predicted molar refractivity (Wildman–Crippen MR) is 78.9 cm³/mol. The van der Waals surface area contributed by atoms with Gasteiger partial charge in [-0.05, 0) is 52.2 Å². The van der Waals surface area contributed by atoms with Crippen molar-refractivity contribution < 1.29 is 14.3 Å². The molecule has 1 saturated carbocycles. The molecular weight excluding hydrogens is 268 g/mol. The number of hydrogen-bond donors (Lipinski definition) is 1. The van der Waals surface area contributed by atoms with E-state index in [1.165, 1.54) is 0 Å². The van der Waals surface area contributed by atoms with Crippen molar-refractivity contribution in [2.75, 3.05) is 0 Å². The topological polar surface area (TPSA) is 68.3 Å². The molecule has 1 N–H and O–H groups in total. The highest BCUT2D eigenvalue weighted by molar-refractivity contribution is 5.82. The Hall–Kier alpha value is -1.75. The minimum absolute atomic E-state index is 0.201. The van der Waals surface area contributed by atoms with Crippen LogP contribution >= 0.6 is 0 Å². The first-order valence-electron chi connectivity index (χ1n) is 7.23. The number of esters is 1. The van der Waals surface area contributed by atoms with Gasteiger partial charge >= 0.3 is 5.97 Å². The Bertz CT molecular complexity index is 531. The Morgan fingerprint density at radius 1 is 1.48 bits per heavy atom. The van der Waals surface area contributed by atoms with Crippen molar-refractivity contribution in [2.45, 2.75) is 57.7 Å². The third-order valence-corrected chi connectivity index (χ3v) is 3.58. The number of rotatable bonds is 5. The summed E-state index contributed by atoms with van der Waals surface area (Å²) < 4.78 is 5.50. The number of hydrogen-bond acceptors (Lipinski definition) is 5. The fourth-order valence-electron chi connectivity index (χ4n) is 2.29. The molecule has 0 saturated heterocycles. The number of nitrogens with one attached hydrogen (secondary N) is 1. The molecule has 0 spiro atoms. The van der Waals surface area contributed by atoms with Crippen LogP contribution in [0.5, 0.6) is 0 Å². The van der Waals surface area contributed by atoms with E-state index in [4.69, 9.17) is 4.74 Å². The largest absolute Gasteiger partial charge is 0.459 e. The molecule has 1 heterocycles. The van der Waals surface area contributed by atoms with Gasteiger partial charge in [-0.2, -0.15) is 0 Å². The number of aromatic nitrogens is 1. The first-order chi connectivity index (χ1) is 9.85. The number of ether oxygens (including phenoxy) is 1. The van der Waals surface area contributed by atoms with E-state index in [-0.39, 0.29) is 5.97 Å². The normalized spacial score (nSPS) is 16.9. The fraction of sp³-hybridized carbons (Fsp3) is 0.562. The smallest absolute Gasteiger partial charge is 0.326 e. The predicted octanol–water partition coefficient (Wildman–Crippen LogP) is 2.25. The standard InChI is InChI=1S/C16H22N2O3/c1-15(2,3)21-14(20)16(6-4-7-16)18-10-13-9-12(11-19)5-8-17-13/h5,8-9,11,18H,4,6-7,10H2,1-3H3. The van der Waals surface area contributed by atoms with Crippen molar-refractivity contribution in [1.82, 2.24) is 10.3 Å². The molecule has 5 nitrogen and oxygen atoms in total. The molecule has 0 radical (unpaired) electrons. The second-order valence-corrected chi connectivity index (χ2v) is 6.49. The summed E-state index contributed by atoms with van der Waals surface area (Å²) in [6.07, 6.45) is 4.94. The molecule has 1 aromatic rings. The highest BCUT2D eigenvalue weighted by Crippen LogP contribution is 2.34. The summed E-state index contributed by atoms with van der Waals surface area (Å²) >= 11 is 0. The second-order valence-electron chi connectivity index (χ2n) is 6.49. The van der Waals surface area contributed by atoms with Gasteiger partial charge in [0.1, 0.15) is 17.4 Å². The number of nitrogens with zero attached hydrogens (tertiary/aromatic N) is 1.